The van der Waals surface area contributed by atoms with Crippen molar-refractivity contribution in [2.24, 2.45) is 5.92 Å². The van der Waals surface area contributed by atoms with E-state index < -0.39 is 14.1 Å². The molecule has 7 nitrogen and oxygen atoms in total. The van der Waals surface area contributed by atoms with Gasteiger partial charge in [-0.05, 0) is 42.0 Å². The van der Waals surface area contributed by atoms with E-state index in [9.17, 15) is 14.6 Å². The molecular formula is C21H35NO6P+. The van der Waals surface area contributed by atoms with E-state index in [-0.39, 0.29) is 17.6 Å². The highest BCUT2D eigenvalue weighted by Gasteiger charge is 2.39. The van der Waals surface area contributed by atoms with Crippen molar-refractivity contribution in [3.8, 4) is 17.2 Å². The van der Waals surface area contributed by atoms with Crippen molar-refractivity contribution >= 4 is 8.03 Å². The maximum atomic E-state index is 11.9. The van der Waals surface area contributed by atoms with E-state index in [0.717, 1.165) is 31.2 Å². The van der Waals surface area contributed by atoms with Crippen LogP contribution in [0.4, 0.5) is 0 Å². The van der Waals surface area contributed by atoms with Gasteiger partial charge in [-0.25, -0.2) is 0 Å². The van der Waals surface area contributed by atoms with Crippen molar-refractivity contribution in [3.63, 3.8) is 0 Å². The van der Waals surface area contributed by atoms with E-state index in [1.54, 1.807) is 21.3 Å². The third-order valence-electron chi connectivity index (χ3n) is 5.84. The summed E-state index contributed by atoms with van der Waals surface area (Å²) in [5.74, 6) is 1.92. The molecule has 4 atom stereocenters. The Kier molecular flexibility index (Phi) is 9.63. The monoisotopic (exact) mass is 428 g/mol. The quantitative estimate of drug-likeness (QED) is 0.461. The van der Waals surface area contributed by atoms with Crippen molar-refractivity contribution in [1.82, 2.24) is 5.32 Å². The lowest BCUT2D eigenvalue weighted by Gasteiger charge is -2.25. The van der Waals surface area contributed by atoms with Crippen LogP contribution in [-0.2, 0) is 4.57 Å². The number of ether oxygens (including phenoxy) is 3. The molecule has 29 heavy (non-hydrogen) atoms. The fourth-order valence-electron chi connectivity index (χ4n) is 4.13. The van der Waals surface area contributed by atoms with Crippen molar-refractivity contribution in [2.75, 3.05) is 27.9 Å². The Balaban J connectivity index is 1.98. The van der Waals surface area contributed by atoms with Gasteiger partial charge in [0.25, 0.3) is 0 Å². The zero-order chi connectivity index (χ0) is 21.4. The van der Waals surface area contributed by atoms with Gasteiger partial charge in [-0.1, -0.05) is 19.3 Å². The molecule has 0 aromatic heterocycles. The molecule has 1 saturated carbocycles. The summed E-state index contributed by atoms with van der Waals surface area (Å²) in [4.78, 5) is 9.77. The number of nitrogens with one attached hydrogen (secondary N) is 1. The van der Waals surface area contributed by atoms with Crippen LogP contribution < -0.4 is 19.5 Å². The van der Waals surface area contributed by atoms with Crippen LogP contribution >= 0.6 is 8.03 Å². The van der Waals surface area contributed by atoms with Crippen LogP contribution in [0.15, 0.2) is 12.1 Å². The molecule has 164 valence electrons. The predicted octanol–water partition coefficient (Wildman–Crippen LogP) is 3.80. The van der Waals surface area contributed by atoms with Crippen molar-refractivity contribution in [3.05, 3.63) is 17.7 Å². The van der Waals surface area contributed by atoms with Crippen LogP contribution in [0.2, 0.25) is 0 Å². The van der Waals surface area contributed by atoms with Crippen LogP contribution in [0, 0.1) is 5.92 Å². The number of aliphatic hydroxyl groups excluding tert-OH is 1. The highest BCUT2D eigenvalue weighted by molar-refractivity contribution is 7.38. The number of hydrogen-bond donors (Lipinski definition) is 3. The Labute approximate surface area is 174 Å². The summed E-state index contributed by atoms with van der Waals surface area (Å²) in [6.45, 7) is 2.32. The molecule has 1 aliphatic rings. The van der Waals surface area contributed by atoms with Gasteiger partial charge in [-0.15, -0.1) is 0 Å². The SMILES string of the molecule is COc1cc(C(C)NCC(O)CC(C2CCCCC2)[P+](=O)O)cc(OC)c1OC. The molecule has 0 heterocycles. The molecule has 0 radical (unpaired) electrons. The van der Waals surface area contributed by atoms with Crippen molar-refractivity contribution in [1.29, 1.82) is 0 Å². The first kappa shape index (κ1) is 23.9. The second-order valence-corrected chi connectivity index (χ2v) is 9.01. The Bertz CT molecular complexity index is 640. The van der Waals surface area contributed by atoms with Crippen LogP contribution in [0.1, 0.15) is 57.1 Å². The third-order valence-corrected chi connectivity index (χ3v) is 7.04. The Morgan fingerprint density at radius 2 is 1.69 bits per heavy atom. The molecule has 2 rings (SSSR count). The van der Waals surface area contributed by atoms with Gasteiger partial charge in [-0.3, -0.25) is 0 Å². The predicted molar refractivity (Wildman–Crippen MR) is 113 cm³/mol. The first-order valence-electron chi connectivity index (χ1n) is 10.3. The summed E-state index contributed by atoms with van der Waals surface area (Å²) in [5.41, 5.74) is 0.599. The second-order valence-electron chi connectivity index (χ2n) is 7.75. The lowest BCUT2D eigenvalue weighted by Crippen LogP contribution is -2.33. The van der Waals surface area contributed by atoms with Crippen molar-refractivity contribution in [2.45, 2.75) is 63.3 Å². The van der Waals surface area contributed by atoms with Gasteiger partial charge in [-0.2, -0.15) is 4.89 Å². The molecule has 1 fully saturated rings. The lowest BCUT2D eigenvalue weighted by molar-refractivity contribution is 0.144. The first-order valence-corrected chi connectivity index (χ1v) is 11.6. The molecule has 0 saturated heterocycles. The summed E-state index contributed by atoms with van der Waals surface area (Å²) in [7, 11) is 2.42. The average Bonchev–Trinajstić information content (AvgIpc) is 2.74. The van der Waals surface area contributed by atoms with Gasteiger partial charge in [0.1, 0.15) is 0 Å². The summed E-state index contributed by atoms with van der Waals surface area (Å²) < 4.78 is 28.0. The summed E-state index contributed by atoms with van der Waals surface area (Å²) >= 11 is 0. The topological polar surface area (TPSA) is 97.2 Å². The summed E-state index contributed by atoms with van der Waals surface area (Å²) in [6, 6.07) is 3.68. The zero-order valence-corrected chi connectivity index (χ0v) is 18.8. The van der Waals surface area contributed by atoms with Crippen molar-refractivity contribution < 1.29 is 28.8 Å². The largest absolute Gasteiger partial charge is 0.509 e. The average molecular weight is 428 g/mol. The van der Waals surface area contributed by atoms with E-state index in [0.29, 0.717) is 30.2 Å². The van der Waals surface area contributed by atoms with E-state index in [1.807, 2.05) is 19.1 Å². The van der Waals surface area contributed by atoms with E-state index in [1.165, 1.54) is 6.42 Å². The number of methoxy groups -OCH3 is 3. The number of rotatable bonds is 11. The summed E-state index contributed by atoms with van der Waals surface area (Å²) in [6.07, 6.45) is 5.03. The number of hydrogen-bond acceptors (Lipinski definition) is 6. The van der Waals surface area contributed by atoms with Gasteiger partial charge >= 0.3 is 8.03 Å². The van der Waals surface area contributed by atoms with Crippen LogP contribution in [0.25, 0.3) is 0 Å². The van der Waals surface area contributed by atoms with Crippen LogP contribution in [0.3, 0.4) is 0 Å². The highest BCUT2D eigenvalue weighted by atomic mass is 31.1. The second kappa shape index (κ2) is 11.7. The minimum Gasteiger partial charge on any atom is -0.493 e. The van der Waals surface area contributed by atoms with Gasteiger partial charge in [0, 0.05) is 24.9 Å². The summed E-state index contributed by atoms with van der Waals surface area (Å²) in [5, 5.41) is 13.8. The maximum absolute atomic E-state index is 11.9. The lowest BCUT2D eigenvalue weighted by atomic mass is 9.85. The van der Waals surface area contributed by atoms with Crippen LogP contribution in [-0.4, -0.2) is 49.6 Å². The molecule has 4 unspecified atom stereocenters. The molecule has 1 aromatic carbocycles. The minimum absolute atomic E-state index is 0.0747. The molecule has 0 aliphatic heterocycles. The van der Waals surface area contributed by atoms with Gasteiger partial charge in [0.15, 0.2) is 17.2 Å². The van der Waals surface area contributed by atoms with Gasteiger partial charge in [0.05, 0.1) is 27.4 Å². The van der Waals surface area contributed by atoms with E-state index >= 15 is 0 Å². The zero-order valence-electron chi connectivity index (χ0n) is 17.9. The molecule has 8 heteroatoms. The van der Waals surface area contributed by atoms with E-state index in [2.05, 4.69) is 5.32 Å². The molecule has 0 spiro atoms. The molecule has 0 amide bonds. The number of benzene rings is 1. The Hall–Kier alpha value is -1.40. The molecule has 0 bridgehead atoms. The molecule has 3 N–H and O–H groups in total. The highest BCUT2D eigenvalue weighted by Crippen LogP contribution is 2.41. The molecule has 1 aliphatic carbocycles. The first-order chi connectivity index (χ1) is 13.9. The fourth-order valence-corrected chi connectivity index (χ4v) is 5.21. The Morgan fingerprint density at radius 1 is 1.10 bits per heavy atom. The maximum Gasteiger partial charge on any atom is 0.509 e. The van der Waals surface area contributed by atoms with Crippen LogP contribution in [0.5, 0.6) is 17.2 Å². The third kappa shape index (κ3) is 6.54. The van der Waals surface area contributed by atoms with E-state index in [4.69, 9.17) is 14.2 Å². The van der Waals surface area contributed by atoms with Gasteiger partial charge < -0.3 is 24.6 Å². The minimum atomic E-state index is -2.29. The normalized spacial score (nSPS) is 18.6. The number of aliphatic hydroxyl groups is 1. The molecular weight excluding hydrogens is 393 g/mol. The Morgan fingerprint density at radius 3 is 2.17 bits per heavy atom. The van der Waals surface area contributed by atoms with Gasteiger partial charge in [0.2, 0.25) is 5.75 Å². The fraction of sp³-hybridized carbons (Fsp3) is 0.714. The smallest absolute Gasteiger partial charge is 0.493 e. The standard InChI is InChI=1S/C21H34NO6P/c1-14(16-10-18(26-2)21(28-4)19(11-16)27-3)22-13-17(23)12-20(29(24)25)15-8-6-5-7-9-15/h10-11,14-15,17,20,22-23H,5-9,12-13H2,1-4H3/p+1. The molecule has 1 aromatic rings.